The lowest BCUT2D eigenvalue weighted by atomic mass is 9.95. The van der Waals surface area contributed by atoms with Gasteiger partial charge in [-0.25, -0.2) is 9.79 Å². The highest BCUT2D eigenvalue weighted by molar-refractivity contribution is 9.10. The third-order valence-electron chi connectivity index (χ3n) is 7.18. The molecule has 9 nitrogen and oxygen atoms in total. The summed E-state index contributed by atoms with van der Waals surface area (Å²) in [7, 11) is 0. The van der Waals surface area contributed by atoms with Crippen molar-refractivity contribution in [2.24, 2.45) is 4.99 Å². The lowest BCUT2D eigenvalue weighted by Gasteiger charge is -2.26. The van der Waals surface area contributed by atoms with Gasteiger partial charge in [0.1, 0.15) is 24.1 Å². The Bertz CT molecular complexity index is 2000. The largest absolute Gasteiger partial charge is 0.491 e. The zero-order chi connectivity index (χ0) is 31.7. The van der Waals surface area contributed by atoms with E-state index in [-0.39, 0.29) is 25.1 Å². The van der Waals surface area contributed by atoms with E-state index in [0.717, 1.165) is 21.3 Å². The fourth-order valence-electron chi connectivity index (χ4n) is 5.22. The van der Waals surface area contributed by atoms with Crippen molar-refractivity contribution < 1.29 is 28.5 Å². The van der Waals surface area contributed by atoms with Crippen LogP contribution in [0.25, 0.3) is 6.08 Å². The highest BCUT2D eigenvalue weighted by atomic mass is 79.9. The van der Waals surface area contributed by atoms with Crippen LogP contribution in [0.1, 0.15) is 50.4 Å². The van der Waals surface area contributed by atoms with Gasteiger partial charge in [0, 0.05) is 5.56 Å². The van der Waals surface area contributed by atoms with Crippen molar-refractivity contribution in [3.8, 4) is 23.0 Å². The van der Waals surface area contributed by atoms with Crippen LogP contribution in [0.15, 0.2) is 86.2 Å². The Balaban J connectivity index is 1.35. The van der Waals surface area contributed by atoms with Gasteiger partial charge in [0.15, 0.2) is 16.3 Å². The fraction of sp³-hybridized carbons (Fsp3) is 0.265. The van der Waals surface area contributed by atoms with Gasteiger partial charge in [0.25, 0.3) is 5.56 Å². The smallest absolute Gasteiger partial charge is 0.338 e. The lowest BCUT2D eigenvalue weighted by Crippen LogP contribution is -2.40. The fourth-order valence-corrected chi connectivity index (χ4v) is 6.78. The summed E-state index contributed by atoms with van der Waals surface area (Å²) in [6, 6.07) is 18.0. The number of hydrogen-bond acceptors (Lipinski definition) is 9. The Morgan fingerprint density at radius 3 is 2.69 bits per heavy atom. The van der Waals surface area contributed by atoms with Crippen LogP contribution in [0.4, 0.5) is 0 Å². The van der Waals surface area contributed by atoms with E-state index in [9.17, 15) is 9.59 Å². The summed E-state index contributed by atoms with van der Waals surface area (Å²) in [6.45, 7) is 8.14. The Morgan fingerprint density at radius 2 is 1.91 bits per heavy atom. The summed E-state index contributed by atoms with van der Waals surface area (Å²) in [5.74, 6) is 2.15. The van der Waals surface area contributed by atoms with E-state index < -0.39 is 12.0 Å². The molecule has 1 atom stereocenters. The molecule has 0 bridgehead atoms. The van der Waals surface area contributed by atoms with E-state index in [1.807, 2.05) is 80.6 Å². The van der Waals surface area contributed by atoms with Crippen LogP contribution in [-0.4, -0.2) is 30.0 Å². The number of allylic oxidation sites excluding steroid dienone is 1. The van der Waals surface area contributed by atoms with Crippen molar-refractivity contribution in [2.75, 3.05) is 13.4 Å². The number of nitrogens with zero attached hydrogens (tertiary/aromatic N) is 2. The number of ether oxygens (including phenoxy) is 5. The van der Waals surface area contributed by atoms with Gasteiger partial charge >= 0.3 is 5.97 Å². The summed E-state index contributed by atoms with van der Waals surface area (Å²) in [5.41, 5.74) is 2.96. The molecule has 2 aliphatic heterocycles. The molecular weight excluding hydrogens is 660 g/mol. The second-order valence-corrected chi connectivity index (χ2v) is 12.5. The average Bonchev–Trinajstić information content (AvgIpc) is 3.59. The predicted molar refractivity (Wildman–Crippen MR) is 174 cm³/mol. The minimum atomic E-state index is -0.768. The molecule has 0 radical (unpaired) electrons. The number of benzene rings is 3. The molecule has 45 heavy (non-hydrogen) atoms. The molecule has 232 valence electrons. The first-order valence-electron chi connectivity index (χ1n) is 14.5. The molecule has 3 heterocycles. The van der Waals surface area contributed by atoms with Gasteiger partial charge in [0.2, 0.25) is 6.79 Å². The maximum absolute atomic E-state index is 14.1. The minimum absolute atomic E-state index is 0.111. The topological polar surface area (TPSA) is 97.6 Å². The third kappa shape index (κ3) is 6.27. The highest BCUT2D eigenvalue weighted by Gasteiger charge is 2.35. The molecule has 0 spiro atoms. The molecule has 0 fully saturated rings. The molecule has 2 aliphatic rings. The van der Waals surface area contributed by atoms with Crippen molar-refractivity contribution in [2.45, 2.75) is 46.4 Å². The van der Waals surface area contributed by atoms with Crippen molar-refractivity contribution in [3.63, 3.8) is 0 Å². The molecule has 0 saturated heterocycles. The van der Waals surface area contributed by atoms with E-state index in [4.69, 9.17) is 23.7 Å². The molecule has 3 aromatic carbocycles. The van der Waals surface area contributed by atoms with Gasteiger partial charge in [0.05, 0.1) is 33.0 Å². The summed E-state index contributed by atoms with van der Waals surface area (Å²) in [4.78, 5) is 32.5. The van der Waals surface area contributed by atoms with Crippen LogP contribution in [0, 0.1) is 0 Å². The Kier molecular flexibility index (Phi) is 8.82. The first-order chi connectivity index (χ1) is 21.7. The third-order valence-corrected chi connectivity index (χ3v) is 8.78. The maximum Gasteiger partial charge on any atom is 0.338 e. The average molecular weight is 692 g/mol. The van der Waals surface area contributed by atoms with Crippen molar-refractivity contribution in [3.05, 3.63) is 113 Å². The van der Waals surface area contributed by atoms with Crippen molar-refractivity contribution in [1.82, 2.24) is 4.57 Å². The maximum atomic E-state index is 14.1. The molecule has 0 saturated carbocycles. The number of carbonyl (C=O) groups excluding carboxylic acids is 1. The zero-order valence-corrected chi connectivity index (χ0v) is 27.6. The first kappa shape index (κ1) is 30.7. The molecule has 1 aromatic heterocycles. The van der Waals surface area contributed by atoms with Gasteiger partial charge in [-0.05, 0) is 91.2 Å². The SMILES string of the molecule is CCOC(=O)C1=C(C)N=c2s/c(=C/c3ccc(OCc4ccc5c(c4)OCO5)c(Br)c3)c(=O)n2[C@@H]1c1ccccc1OC(C)C. The van der Waals surface area contributed by atoms with Gasteiger partial charge in [-0.1, -0.05) is 41.7 Å². The highest BCUT2D eigenvalue weighted by Crippen LogP contribution is 2.37. The number of para-hydroxylation sites is 1. The number of halogens is 1. The van der Waals surface area contributed by atoms with E-state index in [0.29, 0.717) is 50.0 Å². The van der Waals surface area contributed by atoms with Crippen LogP contribution in [-0.2, 0) is 16.1 Å². The Labute approximate surface area is 272 Å². The normalized spacial score (nSPS) is 15.6. The number of hydrogen-bond donors (Lipinski definition) is 0. The molecule has 0 unspecified atom stereocenters. The van der Waals surface area contributed by atoms with E-state index in [1.54, 1.807) is 18.4 Å². The molecule has 6 rings (SSSR count). The second-order valence-electron chi connectivity index (χ2n) is 10.7. The first-order valence-corrected chi connectivity index (χ1v) is 16.1. The summed E-state index contributed by atoms with van der Waals surface area (Å²) >= 11 is 4.88. The Morgan fingerprint density at radius 1 is 1.11 bits per heavy atom. The van der Waals surface area contributed by atoms with E-state index in [2.05, 4.69) is 20.9 Å². The van der Waals surface area contributed by atoms with Crippen molar-refractivity contribution >= 4 is 39.3 Å². The Hall–Kier alpha value is -4.35. The van der Waals surface area contributed by atoms with Crippen molar-refractivity contribution in [1.29, 1.82) is 0 Å². The lowest BCUT2D eigenvalue weighted by molar-refractivity contribution is -0.139. The summed E-state index contributed by atoms with van der Waals surface area (Å²) in [6.07, 6.45) is 1.70. The molecule has 4 aromatic rings. The van der Waals surface area contributed by atoms with E-state index in [1.165, 1.54) is 11.3 Å². The number of rotatable bonds is 9. The number of fused-ring (bicyclic) bond motifs is 2. The summed E-state index contributed by atoms with van der Waals surface area (Å²) in [5, 5.41) is 0. The zero-order valence-electron chi connectivity index (χ0n) is 25.2. The van der Waals surface area contributed by atoms with Gasteiger partial charge in [-0.2, -0.15) is 0 Å². The molecule has 0 N–H and O–H groups in total. The monoisotopic (exact) mass is 690 g/mol. The van der Waals surface area contributed by atoms with Gasteiger partial charge < -0.3 is 23.7 Å². The van der Waals surface area contributed by atoms with Crippen LogP contribution in [0.3, 0.4) is 0 Å². The molecule has 0 aliphatic carbocycles. The number of carbonyl (C=O) groups is 1. The van der Waals surface area contributed by atoms with Gasteiger partial charge in [-0.3, -0.25) is 9.36 Å². The molecular formula is C34H31BrN2O7S. The predicted octanol–water partition coefficient (Wildman–Crippen LogP) is 5.66. The number of aromatic nitrogens is 1. The van der Waals surface area contributed by atoms with Crippen LogP contribution >= 0.6 is 27.3 Å². The standard InChI is InChI=1S/C34H31BrN2O7S/c1-5-40-33(39)30-20(4)36-34-37(31(30)23-8-6-7-9-25(23)44-19(2)3)32(38)29(45-34)16-21-10-12-26(24(35)14-21)41-17-22-11-13-27-28(15-22)43-18-42-27/h6-16,19,31H,5,17-18H2,1-4H3/b29-16+/t31-/m1/s1. The minimum Gasteiger partial charge on any atom is -0.491 e. The quantitative estimate of drug-likeness (QED) is 0.209. The van der Waals surface area contributed by atoms with Crippen LogP contribution < -0.4 is 33.8 Å². The van der Waals surface area contributed by atoms with Gasteiger partial charge in [-0.15, -0.1) is 0 Å². The number of thiazole rings is 1. The molecule has 0 amide bonds. The van der Waals surface area contributed by atoms with E-state index >= 15 is 0 Å². The second kappa shape index (κ2) is 12.9. The summed E-state index contributed by atoms with van der Waals surface area (Å²) < 4.78 is 31.2. The van der Waals surface area contributed by atoms with Crippen LogP contribution in [0.2, 0.25) is 0 Å². The molecule has 11 heteroatoms. The number of esters is 1. The van der Waals surface area contributed by atoms with Crippen LogP contribution in [0.5, 0.6) is 23.0 Å².